The summed E-state index contributed by atoms with van der Waals surface area (Å²) in [5.74, 6) is -1.06. The van der Waals surface area contributed by atoms with Gasteiger partial charge in [0.2, 0.25) is 0 Å². The number of rotatable bonds is 3. The third-order valence-corrected chi connectivity index (χ3v) is 3.85. The standard InChI is InChI=1S/C13H14Cl2F2N2O/c14-10-2-1-3-11(16)9(10)8-18-4-6-19(7-5-18)13(20)12(15)17/h1-3,12H,4-8H2. The van der Waals surface area contributed by atoms with Crippen LogP contribution in [-0.2, 0) is 11.3 Å². The summed E-state index contributed by atoms with van der Waals surface area (Å²) in [5, 5.41) is 0.382. The number of hydrogen-bond acceptors (Lipinski definition) is 2. The van der Waals surface area contributed by atoms with E-state index in [0.717, 1.165) is 0 Å². The topological polar surface area (TPSA) is 23.6 Å². The van der Waals surface area contributed by atoms with Crippen molar-refractivity contribution in [2.45, 2.75) is 12.2 Å². The highest BCUT2D eigenvalue weighted by atomic mass is 35.5. The Morgan fingerprint density at radius 1 is 1.30 bits per heavy atom. The van der Waals surface area contributed by atoms with Gasteiger partial charge in [-0.15, -0.1) is 0 Å². The van der Waals surface area contributed by atoms with Crippen molar-refractivity contribution in [1.29, 1.82) is 0 Å². The highest BCUT2D eigenvalue weighted by Gasteiger charge is 2.26. The van der Waals surface area contributed by atoms with E-state index in [2.05, 4.69) is 0 Å². The Bertz CT molecular complexity index is 471. The highest BCUT2D eigenvalue weighted by Crippen LogP contribution is 2.21. The lowest BCUT2D eigenvalue weighted by Crippen LogP contribution is -2.49. The molecule has 20 heavy (non-hydrogen) atoms. The number of amides is 1. The Balaban J connectivity index is 1.93. The maximum Gasteiger partial charge on any atom is 0.272 e. The first-order valence-electron chi connectivity index (χ1n) is 6.21. The van der Waals surface area contributed by atoms with Gasteiger partial charge in [-0.25, -0.2) is 8.78 Å². The third-order valence-electron chi connectivity index (χ3n) is 3.31. The molecule has 1 heterocycles. The molecule has 0 aromatic heterocycles. The summed E-state index contributed by atoms with van der Waals surface area (Å²) in [6.45, 7) is 2.17. The lowest BCUT2D eigenvalue weighted by atomic mass is 10.2. The molecule has 1 unspecified atom stereocenters. The molecule has 1 fully saturated rings. The average Bonchev–Trinajstić information content (AvgIpc) is 2.43. The zero-order chi connectivity index (χ0) is 14.7. The molecule has 2 rings (SSSR count). The second-order valence-corrected chi connectivity index (χ2v) is 5.39. The Morgan fingerprint density at radius 3 is 2.50 bits per heavy atom. The van der Waals surface area contributed by atoms with Crippen LogP contribution >= 0.6 is 23.2 Å². The van der Waals surface area contributed by atoms with Crippen LogP contribution in [0.5, 0.6) is 0 Å². The van der Waals surface area contributed by atoms with Crippen LogP contribution in [0.3, 0.4) is 0 Å². The van der Waals surface area contributed by atoms with E-state index in [4.69, 9.17) is 23.2 Å². The van der Waals surface area contributed by atoms with Crippen LogP contribution in [0.25, 0.3) is 0 Å². The Labute approximate surface area is 126 Å². The molecule has 0 spiro atoms. The molecule has 1 amide bonds. The van der Waals surface area contributed by atoms with E-state index >= 15 is 0 Å². The lowest BCUT2D eigenvalue weighted by molar-refractivity contribution is -0.135. The van der Waals surface area contributed by atoms with Gasteiger partial charge in [-0.1, -0.05) is 29.3 Å². The van der Waals surface area contributed by atoms with Crippen molar-refractivity contribution in [2.75, 3.05) is 26.2 Å². The van der Waals surface area contributed by atoms with Crippen LogP contribution in [-0.4, -0.2) is 47.5 Å². The lowest BCUT2D eigenvalue weighted by Gasteiger charge is -2.34. The molecule has 1 aromatic rings. The summed E-state index contributed by atoms with van der Waals surface area (Å²) < 4.78 is 26.4. The van der Waals surface area contributed by atoms with Gasteiger partial charge in [0, 0.05) is 43.3 Å². The fourth-order valence-electron chi connectivity index (χ4n) is 2.17. The molecule has 1 aliphatic rings. The minimum Gasteiger partial charge on any atom is -0.337 e. The van der Waals surface area contributed by atoms with Gasteiger partial charge in [-0.05, 0) is 12.1 Å². The number of nitrogens with zero attached hydrogens (tertiary/aromatic N) is 2. The van der Waals surface area contributed by atoms with Gasteiger partial charge < -0.3 is 4.90 Å². The van der Waals surface area contributed by atoms with E-state index in [1.54, 1.807) is 12.1 Å². The number of benzene rings is 1. The Morgan fingerprint density at radius 2 is 1.95 bits per heavy atom. The van der Waals surface area contributed by atoms with Gasteiger partial charge in [-0.2, -0.15) is 0 Å². The van der Waals surface area contributed by atoms with Gasteiger partial charge in [0.15, 0.2) is 0 Å². The van der Waals surface area contributed by atoms with Crippen molar-refractivity contribution in [2.24, 2.45) is 0 Å². The number of hydrogen-bond donors (Lipinski definition) is 0. The summed E-state index contributed by atoms with van der Waals surface area (Å²) in [5.41, 5.74) is -1.56. The summed E-state index contributed by atoms with van der Waals surface area (Å²) in [7, 11) is 0. The van der Waals surface area contributed by atoms with E-state index < -0.39 is 11.5 Å². The van der Waals surface area contributed by atoms with Crippen molar-refractivity contribution < 1.29 is 13.6 Å². The molecule has 1 atom stereocenters. The van der Waals surface area contributed by atoms with Crippen LogP contribution in [0.2, 0.25) is 5.02 Å². The molecule has 7 heteroatoms. The van der Waals surface area contributed by atoms with Crippen molar-refractivity contribution in [3.8, 4) is 0 Å². The van der Waals surface area contributed by atoms with Gasteiger partial charge in [-0.3, -0.25) is 9.69 Å². The molecule has 3 nitrogen and oxygen atoms in total. The summed E-state index contributed by atoms with van der Waals surface area (Å²) in [6.07, 6.45) is 0. The molecule has 0 bridgehead atoms. The molecular formula is C13H14Cl2F2N2O. The second kappa shape index (κ2) is 6.70. The molecule has 110 valence electrons. The molecule has 1 aliphatic heterocycles. The molecule has 0 radical (unpaired) electrons. The number of piperazine rings is 1. The SMILES string of the molecule is O=C(C(F)Cl)N1CCN(Cc2c(F)cccc2Cl)CC1. The number of halogens is 4. The van der Waals surface area contributed by atoms with Gasteiger partial charge in [0.25, 0.3) is 11.5 Å². The van der Waals surface area contributed by atoms with E-state index in [1.807, 2.05) is 4.90 Å². The Kier molecular flexibility index (Phi) is 5.18. The molecule has 1 saturated heterocycles. The largest absolute Gasteiger partial charge is 0.337 e. The fourth-order valence-corrected chi connectivity index (χ4v) is 2.53. The first-order chi connectivity index (χ1) is 9.49. The van der Waals surface area contributed by atoms with Crippen molar-refractivity contribution >= 4 is 29.1 Å². The third kappa shape index (κ3) is 3.59. The number of carbonyl (C=O) groups is 1. The molecule has 0 aliphatic carbocycles. The second-order valence-electron chi connectivity index (χ2n) is 4.60. The quantitative estimate of drug-likeness (QED) is 0.799. The predicted molar refractivity (Wildman–Crippen MR) is 74.0 cm³/mol. The predicted octanol–water partition coefficient (Wildman–Crippen LogP) is 2.66. The highest BCUT2D eigenvalue weighted by molar-refractivity contribution is 6.31. The molecule has 0 N–H and O–H groups in total. The van der Waals surface area contributed by atoms with Crippen LogP contribution in [0.1, 0.15) is 5.56 Å². The number of alkyl halides is 2. The molecule has 0 saturated carbocycles. The first kappa shape index (κ1) is 15.5. The zero-order valence-electron chi connectivity index (χ0n) is 10.7. The smallest absolute Gasteiger partial charge is 0.272 e. The summed E-state index contributed by atoms with van der Waals surface area (Å²) >= 11 is 11.1. The average molecular weight is 323 g/mol. The van der Waals surface area contributed by atoms with Gasteiger partial charge in [0.05, 0.1) is 0 Å². The Hall–Kier alpha value is -0.910. The minimum atomic E-state index is -2.00. The van der Waals surface area contributed by atoms with Crippen molar-refractivity contribution in [1.82, 2.24) is 9.80 Å². The van der Waals surface area contributed by atoms with Crippen molar-refractivity contribution in [3.63, 3.8) is 0 Å². The minimum absolute atomic E-state index is 0.347. The van der Waals surface area contributed by atoms with E-state index in [9.17, 15) is 13.6 Å². The van der Waals surface area contributed by atoms with Crippen LogP contribution in [0.4, 0.5) is 8.78 Å². The number of carbonyl (C=O) groups excluding carboxylic acids is 1. The summed E-state index contributed by atoms with van der Waals surface area (Å²) in [6, 6.07) is 4.56. The fraction of sp³-hybridized carbons (Fsp3) is 0.462. The van der Waals surface area contributed by atoms with Gasteiger partial charge in [0.1, 0.15) is 5.82 Å². The normalized spacial score (nSPS) is 18.1. The van der Waals surface area contributed by atoms with Crippen LogP contribution in [0.15, 0.2) is 18.2 Å². The van der Waals surface area contributed by atoms with E-state index in [0.29, 0.717) is 43.3 Å². The van der Waals surface area contributed by atoms with Crippen molar-refractivity contribution in [3.05, 3.63) is 34.6 Å². The first-order valence-corrected chi connectivity index (χ1v) is 7.02. The van der Waals surface area contributed by atoms with Gasteiger partial charge >= 0.3 is 0 Å². The van der Waals surface area contributed by atoms with Crippen LogP contribution < -0.4 is 0 Å². The molecule has 1 aromatic carbocycles. The zero-order valence-corrected chi connectivity index (χ0v) is 12.2. The summed E-state index contributed by atoms with van der Waals surface area (Å²) in [4.78, 5) is 14.7. The molecular weight excluding hydrogens is 309 g/mol. The van der Waals surface area contributed by atoms with Crippen LogP contribution in [0, 0.1) is 5.82 Å². The van der Waals surface area contributed by atoms with E-state index in [1.165, 1.54) is 11.0 Å². The maximum absolute atomic E-state index is 13.7. The monoisotopic (exact) mass is 322 g/mol. The van der Waals surface area contributed by atoms with E-state index in [-0.39, 0.29) is 5.82 Å². The maximum atomic E-state index is 13.7.